The fraction of sp³-hybridized carbons (Fsp3) is 0.257. The molecule has 42 heavy (non-hydrogen) atoms. The van der Waals surface area contributed by atoms with Gasteiger partial charge in [-0.05, 0) is 51.7 Å². The quantitative estimate of drug-likeness (QED) is 0.0970. The van der Waals surface area contributed by atoms with Gasteiger partial charge in [-0.15, -0.1) is 0 Å². The van der Waals surface area contributed by atoms with Crippen molar-refractivity contribution in [3.8, 4) is 11.5 Å². The first kappa shape index (κ1) is 26.0. The first-order valence-electron chi connectivity index (χ1n) is 14.4. The average Bonchev–Trinajstić information content (AvgIpc) is 3.87. The Hall–Kier alpha value is -3.62. The monoisotopic (exact) mass is 623 g/mol. The molecule has 0 aliphatic carbocycles. The molecule has 3 fully saturated rings. The van der Waals surface area contributed by atoms with Gasteiger partial charge >= 0.3 is 0 Å². The predicted molar refractivity (Wildman–Crippen MR) is 167 cm³/mol. The molecule has 0 bridgehead atoms. The van der Waals surface area contributed by atoms with Gasteiger partial charge < -0.3 is 29.0 Å². The summed E-state index contributed by atoms with van der Waals surface area (Å²) >= 11 is 4.37. The maximum Gasteiger partial charge on any atom is 0.151 e. The van der Waals surface area contributed by atoms with E-state index in [1.165, 1.54) is 0 Å². The number of rotatable bonds is 11. The molecular weight excluding hydrogens is 594 g/mol. The minimum atomic E-state index is -0.683. The SMILES string of the molecule is BrC(c1ccc(OCC2CO2)cc1)(c1ccc(N[C@H]2CO2)c2ccccc12)c1ccc(OCC2CO2)c2ccccc12. The van der Waals surface area contributed by atoms with Gasteiger partial charge in [-0.1, -0.05) is 88.7 Å². The largest absolute Gasteiger partial charge is 0.491 e. The van der Waals surface area contributed by atoms with Crippen LogP contribution in [0.25, 0.3) is 21.5 Å². The minimum absolute atomic E-state index is 0.0686. The van der Waals surface area contributed by atoms with Crippen LogP contribution in [0.1, 0.15) is 16.7 Å². The van der Waals surface area contributed by atoms with Gasteiger partial charge in [-0.3, -0.25) is 0 Å². The van der Waals surface area contributed by atoms with Crippen molar-refractivity contribution in [2.24, 2.45) is 0 Å². The molecule has 8 rings (SSSR count). The second-order valence-corrected chi connectivity index (χ2v) is 12.2. The van der Waals surface area contributed by atoms with E-state index in [1.807, 2.05) is 12.1 Å². The van der Waals surface area contributed by atoms with Gasteiger partial charge in [-0.2, -0.15) is 0 Å². The molecule has 3 aliphatic rings. The second kappa shape index (κ2) is 10.6. The van der Waals surface area contributed by atoms with Crippen molar-refractivity contribution in [3.05, 3.63) is 114 Å². The van der Waals surface area contributed by atoms with E-state index < -0.39 is 4.32 Å². The highest BCUT2D eigenvalue weighted by atomic mass is 79.9. The van der Waals surface area contributed by atoms with Crippen LogP contribution >= 0.6 is 15.9 Å². The first-order chi connectivity index (χ1) is 20.7. The zero-order chi connectivity index (χ0) is 28.1. The molecule has 0 radical (unpaired) electrons. The Morgan fingerprint density at radius 3 is 1.86 bits per heavy atom. The fourth-order valence-electron chi connectivity index (χ4n) is 5.67. The van der Waals surface area contributed by atoms with Crippen molar-refractivity contribution in [3.63, 3.8) is 0 Å². The molecule has 6 nitrogen and oxygen atoms in total. The fourth-order valence-corrected chi connectivity index (χ4v) is 6.62. The Morgan fingerprint density at radius 2 is 1.21 bits per heavy atom. The van der Waals surface area contributed by atoms with Crippen LogP contribution in [0.4, 0.5) is 5.69 Å². The number of nitrogens with one attached hydrogen (secondary N) is 1. The number of fused-ring (bicyclic) bond motifs is 2. The average molecular weight is 625 g/mol. The Kier molecular flexibility index (Phi) is 6.56. The maximum atomic E-state index is 6.23. The van der Waals surface area contributed by atoms with Gasteiger partial charge in [-0.25, -0.2) is 0 Å². The highest BCUT2D eigenvalue weighted by molar-refractivity contribution is 9.10. The summed E-state index contributed by atoms with van der Waals surface area (Å²) in [7, 11) is 0. The van der Waals surface area contributed by atoms with E-state index in [4.69, 9.17) is 23.7 Å². The summed E-state index contributed by atoms with van der Waals surface area (Å²) in [6, 6.07) is 34.1. The molecule has 0 saturated carbocycles. The molecular formula is C35H30BrNO5. The van der Waals surface area contributed by atoms with E-state index in [-0.39, 0.29) is 18.4 Å². The third-order valence-corrected chi connectivity index (χ3v) is 9.43. The third-order valence-electron chi connectivity index (χ3n) is 8.12. The molecule has 0 aromatic heterocycles. The molecule has 3 heterocycles. The number of hydrogen-bond acceptors (Lipinski definition) is 6. The summed E-state index contributed by atoms with van der Waals surface area (Å²) in [5.41, 5.74) is 4.43. The number of epoxide rings is 3. The molecule has 7 heteroatoms. The van der Waals surface area contributed by atoms with Crippen LogP contribution in [-0.4, -0.2) is 51.5 Å². The van der Waals surface area contributed by atoms with E-state index in [0.29, 0.717) is 13.2 Å². The number of halogens is 1. The molecule has 0 amide bonds. The molecule has 3 aliphatic heterocycles. The lowest BCUT2D eigenvalue weighted by molar-refractivity contribution is 0.263. The zero-order valence-corrected chi connectivity index (χ0v) is 24.5. The van der Waals surface area contributed by atoms with Gasteiger partial charge in [0, 0.05) is 16.5 Å². The van der Waals surface area contributed by atoms with Crippen molar-refractivity contribution >= 4 is 43.2 Å². The predicted octanol–water partition coefficient (Wildman–Crippen LogP) is 7.00. The van der Waals surface area contributed by atoms with Crippen LogP contribution in [0.15, 0.2) is 97.1 Å². The van der Waals surface area contributed by atoms with Gasteiger partial charge in [0.25, 0.3) is 0 Å². The van der Waals surface area contributed by atoms with Crippen molar-refractivity contribution < 1.29 is 23.7 Å². The van der Waals surface area contributed by atoms with Crippen LogP contribution < -0.4 is 14.8 Å². The normalized spacial score (nSPS) is 22.0. The van der Waals surface area contributed by atoms with Crippen LogP contribution in [0.2, 0.25) is 0 Å². The lowest BCUT2D eigenvalue weighted by Crippen LogP contribution is -2.23. The van der Waals surface area contributed by atoms with E-state index >= 15 is 0 Å². The van der Waals surface area contributed by atoms with Crippen molar-refractivity contribution in [1.82, 2.24) is 0 Å². The van der Waals surface area contributed by atoms with E-state index in [2.05, 4.69) is 106 Å². The van der Waals surface area contributed by atoms with Gasteiger partial charge in [0.05, 0.1) is 19.8 Å². The number of hydrogen-bond donors (Lipinski definition) is 1. The van der Waals surface area contributed by atoms with Crippen molar-refractivity contribution in [1.29, 1.82) is 0 Å². The molecule has 3 unspecified atom stereocenters. The number of alkyl halides is 1. The summed E-state index contributed by atoms with van der Waals surface area (Å²) in [6.45, 7) is 3.39. The number of anilines is 1. The van der Waals surface area contributed by atoms with Gasteiger partial charge in [0.2, 0.25) is 0 Å². The van der Waals surface area contributed by atoms with Crippen molar-refractivity contribution in [2.75, 3.05) is 38.4 Å². The molecule has 1 N–H and O–H groups in total. The first-order valence-corrected chi connectivity index (χ1v) is 15.2. The Labute approximate surface area is 252 Å². The van der Waals surface area contributed by atoms with E-state index in [9.17, 15) is 0 Å². The van der Waals surface area contributed by atoms with Gasteiger partial charge in [0.1, 0.15) is 41.2 Å². The summed E-state index contributed by atoms with van der Waals surface area (Å²) in [4.78, 5) is 0. The zero-order valence-electron chi connectivity index (χ0n) is 22.9. The smallest absolute Gasteiger partial charge is 0.151 e. The molecule has 4 atom stereocenters. The number of benzene rings is 5. The summed E-state index contributed by atoms with van der Waals surface area (Å²) in [5, 5.41) is 8.01. The molecule has 3 saturated heterocycles. The number of ether oxygens (including phenoxy) is 5. The minimum Gasteiger partial charge on any atom is -0.491 e. The summed E-state index contributed by atoms with van der Waals surface area (Å²) in [6.07, 6.45) is 0.461. The second-order valence-electron chi connectivity index (χ2n) is 11.0. The standard InChI is InChI=1S/C35H30BrNO5/c36-35(22-9-11-23(12-10-22)38-17-24-18-39-24,30-13-15-32(37-34-21-42-34)28-7-3-1-5-26(28)30)31-14-16-33(41-20-25-19-40-25)29-8-4-2-6-27(29)31/h1-16,24-25,34,37H,17-21H2/t24?,25?,34-,35?/m1/s1. The third kappa shape index (κ3) is 5.01. The van der Waals surface area contributed by atoms with E-state index in [1.54, 1.807) is 0 Å². The Morgan fingerprint density at radius 1 is 0.643 bits per heavy atom. The maximum absolute atomic E-state index is 6.23. The Bertz CT molecular complexity index is 1760. The van der Waals surface area contributed by atoms with Crippen LogP contribution in [0.3, 0.4) is 0 Å². The lowest BCUT2D eigenvalue weighted by atomic mass is 9.80. The summed E-state index contributed by atoms with van der Waals surface area (Å²) in [5.74, 6) is 1.69. The van der Waals surface area contributed by atoms with Crippen LogP contribution in [0.5, 0.6) is 11.5 Å². The topological polar surface area (TPSA) is 68.1 Å². The Balaban J connectivity index is 1.30. The molecule has 0 spiro atoms. The van der Waals surface area contributed by atoms with Crippen LogP contribution in [0, 0.1) is 0 Å². The van der Waals surface area contributed by atoms with E-state index in [0.717, 1.165) is 75.2 Å². The highest BCUT2D eigenvalue weighted by Gasteiger charge is 2.37. The van der Waals surface area contributed by atoms with Gasteiger partial charge in [0.15, 0.2) is 6.23 Å². The molecule has 5 aromatic carbocycles. The highest BCUT2D eigenvalue weighted by Crippen LogP contribution is 2.51. The summed E-state index contributed by atoms with van der Waals surface area (Å²) < 4.78 is 27.7. The van der Waals surface area contributed by atoms with Crippen LogP contribution in [-0.2, 0) is 18.5 Å². The van der Waals surface area contributed by atoms with Crippen molar-refractivity contribution in [2.45, 2.75) is 22.8 Å². The molecule has 212 valence electrons. The lowest BCUT2D eigenvalue weighted by Gasteiger charge is -2.33. The molecule has 5 aromatic rings.